The molecule has 2 heterocycles. The number of aryl methyl sites for hydroxylation is 1. The van der Waals surface area contributed by atoms with Crippen molar-refractivity contribution in [3.8, 4) is 11.8 Å². The molecule has 0 radical (unpaired) electrons. The standard InChI is InChI=1S/C17H14F4N6S/c18-10-3-5-11(6-4-10)27-15(23)12(8-22)13(26-27)2-1-7-24-16-25-9-14(28-16)17(19,20)21/h3-6,9H,1-2,7,23H2,(H,24,25). The number of nitrogens with two attached hydrogens (primary N) is 1. The van der Waals surface area contributed by atoms with Gasteiger partial charge in [-0.1, -0.05) is 11.3 Å². The van der Waals surface area contributed by atoms with Crippen molar-refractivity contribution in [1.29, 1.82) is 5.26 Å². The second-order valence-electron chi connectivity index (χ2n) is 5.76. The molecular weight excluding hydrogens is 396 g/mol. The number of nitriles is 1. The van der Waals surface area contributed by atoms with Crippen molar-refractivity contribution >= 4 is 22.3 Å². The fourth-order valence-electron chi connectivity index (χ4n) is 2.49. The topological polar surface area (TPSA) is 92.5 Å². The molecule has 3 rings (SSSR count). The predicted octanol–water partition coefficient (Wildman–Crippen LogP) is 3.99. The van der Waals surface area contributed by atoms with E-state index in [0.29, 0.717) is 42.1 Å². The van der Waals surface area contributed by atoms with Crippen molar-refractivity contribution in [1.82, 2.24) is 14.8 Å². The molecule has 1 aromatic carbocycles. The molecule has 146 valence electrons. The van der Waals surface area contributed by atoms with Gasteiger partial charge >= 0.3 is 6.18 Å². The Morgan fingerprint density at radius 3 is 2.57 bits per heavy atom. The zero-order valence-corrected chi connectivity index (χ0v) is 15.1. The number of nitrogen functional groups attached to an aromatic ring is 1. The quantitative estimate of drug-likeness (QED) is 0.474. The molecule has 0 spiro atoms. The van der Waals surface area contributed by atoms with E-state index in [1.807, 2.05) is 6.07 Å². The molecular formula is C17H14F4N6S. The Balaban J connectivity index is 1.64. The number of rotatable bonds is 6. The van der Waals surface area contributed by atoms with Gasteiger partial charge in [0, 0.05) is 6.54 Å². The number of nitrogens with zero attached hydrogens (tertiary/aromatic N) is 4. The average molecular weight is 410 g/mol. The number of anilines is 2. The van der Waals surface area contributed by atoms with Crippen LogP contribution in [-0.2, 0) is 12.6 Å². The SMILES string of the molecule is N#Cc1c(CCCNc2ncc(C(F)(F)F)s2)nn(-c2ccc(F)cc2)c1N. The summed E-state index contributed by atoms with van der Waals surface area (Å²) < 4.78 is 52.1. The molecule has 0 bridgehead atoms. The van der Waals surface area contributed by atoms with E-state index in [1.165, 1.54) is 28.9 Å². The number of alkyl halides is 3. The molecule has 0 aliphatic rings. The Kier molecular flexibility index (Phi) is 5.51. The minimum atomic E-state index is -4.41. The first-order chi connectivity index (χ1) is 13.3. The van der Waals surface area contributed by atoms with Gasteiger partial charge in [0.1, 0.15) is 28.1 Å². The van der Waals surface area contributed by atoms with E-state index in [2.05, 4.69) is 15.4 Å². The van der Waals surface area contributed by atoms with E-state index < -0.39 is 16.9 Å². The van der Waals surface area contributed by atoms with Gasteiger partial charge in [-0.2, -0.15) is 23.5 Å². The number of nitrogens with one attached hydrogen (secondary N) is 1. The van der Waals surface area contributed by atoms with Crippen LogP contribution >= 0.6 is 11.3 Å². The lowest BCUT2D eigenvalue weighted by Gasteiger charge is -2.03. The molecule has 3 N–H and O–H groups in total. The Morgan fingerprint density at radius 2 is 1.96 bits per heavy atom. The molecule has 3 aromatic rings. The number of thiazole rings is 1. The zero-order valence-electron chi connectivity index (χ0n) is 14.3. The molecule has 0 aliphatic carbocycles. The lowest BCUT2D eigenvalue weighted by Crippen LogP contribution is -2.04. The van der Waals surface area contributed by atoms with Crippen LogP contribution in [0.15, 0.2) is 30.5 Å². The van der Waals surface area contributed by atoms with Gasteiger partial charge in [-0.15, -0.1) is 0 Å². The summed E-state index contributed by atoms with van der Waals surface area (Å²) in [6.45, 7) is 0.346. The maximum absolute atomic E-state index is 13.1. The van der Waals surface area contributed by atoms with Crippen LogP contribution in [0.4, 0.5) is 28.5 Å². The number of halogens is 4. The third-order valence-electron chi connectivity index (χ3n) is 3.83. The van der Waals surface area contributed by atoms with Crippen LogP contribution in [0.5, 0.6) is 0 Å². The van der Waals surface area contributed by atoms with E-state index in [9.17, 15) is 22.8 Å². The van der Waals surface area contributed by atoms with Gasteiger partial charge in [-0.3, -0.25) is 0 Å². The zero-order chi connectivity index (χ0) is 20.3. The number of hydrogen-bond acceptors (Lipinski definition) is 6. The highest BCUT2D eigenvalue weighted by Crippen LogP contribution is 2.35. The van der Waals surface area contributed by atoms with Crippen molar-refractivity contribution in [2.24, 2.45) is 0 Å². The van der Waals surface area contributed by atoms with E-state index in [4.69, 9.17) is 5.73 Å². The van der Waals surface area contributed by atoms with E-state index in [1.54, 1.807) is 0 Å². The number of hydrogen-bond donors (Lipinski definition) is 2. The van der Waals surface area contributed by atoms with Gasteiger partial charge in [0.15, 0.2) is 5.13 Å². The molecule has 2 aromatic heterocycles. The van der Waals surface area contributed by atoms with Crippen LogP contribution in [0, 0.1) is 17.1 Å². The Labute approximate surface area is 161 Å². The molecule has 0 saturated heterocycles. The van der Waals surface area contributed by atoms with Crippen molar-refractivity contribution in [3.05, 3.63) is 52.4 Å². The largest absolute Gasteiger partial charge is 0.427 e. The lowest BCUT2D eigenvalue weighted by molar-refractivity contribution is -0.134. The Morgan fingerprint density at radius 1 is 1.25 bits per heavy atom. The van der Waals surface area contributed by atoms with E-state index >= 15 is 0 Å². The molecule has 11 heteroatoms. The summed E-state index contributed by atoms with van der Waals surface area (Å²) in [5, 5.41) is 16.7. The summed E-state index contributed by atoms with van der Waals surface area (Å²) in [6.07, 6.45) is -2.75. The molecule has 28 heavy (non-hydrogen) atoms. The Bertz CT molecular complexity index is 1000. The number of aromatic nitrogens is 3. The normalized spacial score (nSPS) is 11.4. The fraction of sp³-hybridized carbons (Fsp3) is 0.235. The van der Waals surface area contributed by atoms with Crippen LogP contribution in [-0.4, -0.2) is 21.3 Å². The summed E-state index contributed by atoms with van der Waals surface area (Å²) in [6, 6.07) is 7.51. The predicted molar refractivity (Wildman–Crippen MR) is 96.6 cm³/mol. The highest BCUT2D eigenvalue weighted by Gasteiger charge is 2.33. The molecule has 0 aliphatic heterocycles. The molecule has 0 amide bonds. The maximum atomic E-state index is 13.1. The van der Waals surface area contributed by atoms with E-state index in [0.717, 1.165) is 6.20 Å². The first kappa shape index (κ1) is 19.6. The molecule has 0 fully saturated rings. The average Bonchev–Trinajstić information content (AvgIpc) is 3.24. The third-order valence-corrected chi connectivity index (χ3v) is 4.83. The van der Waals surface area contributed by atoms with Gasteiger partial charge in [0.05, 0.1) is 17.6 Å². The highest BCUT2D eigenvalue weighted by atomic mass is 32.1. The van der Waals surface area contributed by atoms with Gasteiger partial charge in [0.25, 0.3) is 0 Å². The van der Waals surface area contributed by atoms with Crippen LogP contribution in [0.25, 0.3) is 5.69 Å². The number of benzene rings is 1. The van der Waals surface area contributed by atoms with Crippen molar-refractivity contribution in [2.75, 3.05) is 17.6 Å². The highest BCUT2D eigenvalue weighted by molar-refractivity contribution is 7.15. The fourth-order valence-corrected chi connectivity index (χ4v) is 3.20. The van der Waals surface area contributed by atoms with Crippen LogP contribution in [0.1, 0.15) is 22.6 Å². The van der Waals surface area contributed by atoms with Gasteiger partial charge in [-0.25, -0.2) is 14.1 Å². The summed E-state index contributed by atoms with van der Waals surface area (Å²) in [5.74, 6) is -0.260. The monoisotopic (exact) mass is 410 g/mol. The first-order valence-electron chi connectivity index (χ1n) is 8.10. The van der Waals surface area contributed by atoms with Crippen molar-refractivity contribution < 1.29 is 17.6 Å². The minimum Gasteiger partial charge on any atom is -0.382 e. The second-order valence-corrected chi connectivity index (χ2v) is 6.80. The Hall–Kier alpha value is -3.13. The summed E-state index contributed by atoms with van der Waals surface area (Å²) in [5.41, 5.74) is 7.17. The third kappa shape index (κ3) is 4.23. The van der Waals surface area contributed by atoms with Crippen LogP contribution in [0.2, 0.25) is 0 Å². The van der Waals surface area contributed by atoms with Crippen molar-refractivity contribution in [3.63, 3.8) is 0 Å². The molecule has 6 nitrogen and oxygen atoms in total. The summed E-state index contributed by atoms with van der Waals surface area (Å²) in [4.78, 5) is 2.92. The smallest absolute Gasteiger partial charge is 0.382 e. The molecule has 0 saturated carbocycles. The maximum Gasteiger partial charge on any atom is 0.427 e. The summed E-state index contributed by atoms with van der Waals surface area (Å²) >= 11 is 0.529. The first-order valence-corrected chi connectivity index (χ1v) is 8.91. The van der Waals surface area contributed by atoms with Crippen LogP contribution < -0.4 is 11.1 Å². The van der Waals surface area contributed by atoms with Gasteiger partial charge < -0.3 is 11.1 Å². The second kappa shape index (κ2) is 7.85. The summed E-state index contributed by atoms with van der Waals surface area (Å²) in [7, 11) is 0. The molecule has 0 atom stereocenters. The molecule has 0 unspecified atom stereocenters. The van der Waals surface area contributed by atoms with Gasteiger partial charge in [0.2, 0.25) is 0 Å². The van der Waals surface area contributed by atoms with Crippen LogP contribution in [0.3, 0.4) is 0 Å². The minimum absolute atomic E-state index is 0.145. The van der Waals surface area contributed by atoms with Gasteiger partial charge in [-0.05, 0) is 37.1 Å². The van der Waals surface area contributed by atoms with E-state index in [-0.39, 0.29) is 16.5 Å². The van der Waals surface area contributed by atoms with Crippen molar-refractivity contribution in [2.45, 2.75) is 19.0 Å². The lowest BCUT2D eigenvalue weighted by atomic mass is 10.1.